The lowest BCUT2D eigenvalue weighted by atomic mass is 10.2. The molecule has 0 N–H and O–H groups in total. The summed E-state index contributed by atoms with van der Waals surface area (Å²) in [4.78, 5) is 20.2. The van der Waals surface area contributed by atoms with E-state index in [4.69, 9.17) is 9.73 Å². The normalized spacial score (nSPS) is 17.0. The van der Waals surface area contributed by atoms with E-state index >= 15 is 0 Å². The van der Waals surface area contributed by atoms with Crippen LogP contribution >= 0.6 is 27.7 Å². The molecule has 0 saturated carbocycles. The summed E-state index contributed by atoms with van der Waals surface area (Å²) in [5.41, 5.74) is 2.99. The van der Waals surface area contributed by atoms with Crippen LogP contribution in [0.5, 0.6) is 5.75 Å². The van der Waals surface area contributed by atoms with Crippen molar-refractivity contribution in [3.63, 3.8) is 0 Å². The smallest absolute Gasteiger partial charge is 0.266 e. The molecule has 4 nitrogen and oxygen atoms in total. The molecule has 1 fully saturated rings. The highest BCUT2D eigenvalue weighted by Crippen LogP contribution is 2.35. The number of ether oxygens (including phenoxy) is 1. The number of halogens is 1. The van der Waals surface area contributed by atoms with Crippen molar-refractivity contribution in [2.75, 3.05) is 13.7 Å². The van der Waals surface area contributed by atoms with Crippen LogP contribution in [0.3, 0.4) is 0 Å². The Balaban J connectivity index is 1.92. The molecule has 146 valence electrons. The zero-order valence-corrected chi connectivity index (χ0v) is 18.6. The summed E-state index contributed by atoms with van der Waals surface area (Å²) in [5.74, 6) is 0.773. The van der Waals surface area contributed by atoms with E-state index in [0.29, 0.717) is 11.4 Å². The minimum absolute atomic E-state index is 0.0104. The van der Waals surface area contributed by atoms with Crippen LogP contribution in [-0.4, -0.2) is 29.6 Å². The number of amides is 1. The van der Waals surface area contributed by atoms with Crippen LogP contribution in [0, 0.1) is 6.92 Å². The Morgan fingerprint density at radius 2 is 1.96 bits per heavy atom. The third-order valence-corrected chi connectivity index (χ3v) is 5.98. The summed E-state index contributed by atoms with van der Waals surface area (Å²) in [6, 6.07) is 13.8. The molecular weight excluding hydrogens is 436 g/mol. The minimum atomic E-state index is 0.0104. The van der Waals surface area contributed by atoms with Crippen LogP contribution < -0.4 is 4.74 Å². The Morgan fingerprint density at radius 3 is 2.61 bits per heavy atom. The fraction of sp³-hybridized carbons (Fsp3) is 0.273. The molecule has 1 aliphatic heterocycles. The van der Waals surface area contributed by atoms with Crippen molar-refractivity contribution in [3.8, 4) is 5.75 Å². The summed E-state index contributed by atoms with van der Waals surface area (Å²) in [5, 5.41) is 0.737. The van der Waals surface area contributed by atoms with Gasteiger partial charge in [-0.25, -0.2) is 4.99 Å². The zero-order chi connectivity index (χ0) is 20.1. The Hall–Kier alpha value is -2.05. The van der Waals surface area contributed by atoms with Crippen LogP contribution in [0.25, 0.3) is 6.08 Å². The molecule has 0 bridgehead atoms. The monoisotopic (exact) mass is 458 g/mol. The standard InChI is InChI=1S/C22H23BrN2O2S/c1-4-5-12-25-21(26)20(14-16-8-11-19(27-3)18(23)13-16)28-22(25)24-17-9-6-15(2)7-10-17/h6-11,13-14H,4-5,12H2,1-3H3/b20-14+,24-22?. The molecule has 6 heteroatoms. The second-order valence-electron chi connectivity index (χ2n) is 6.54. The van der Waals surface area contributed by atoms with Crippen molar-refractivity contribution in [3.05, 3.63) is 63.0 Å². The van der Waals surface area contributed by atoms with Gasteiger partial charge >= 0.3 is 0 Å². The van der Waals surface area contributed by atoms with Crippen LogP contribution in [0.1, 0.15) is 30.9 Å². The molecule has 1 heterocycles. The summed E-state index contributed by atoms with van der Waals surface area (Å²) in [7, 11) is 1.63. The van der Waals surface area contributed by atoms with Gasteiger partial charge in [0.1, 0.15) is 5.75 Å². The average molecular weight is 459 g/mol. The second kappa shape index (κ2) is 9.43. The van der Waals surface area contributed by atoms with Gasteiger partial charge in [-0.1, -0.05) is 37.1 Å². The number of unbranched alkanes of at least 4 members (excludes halogenated alkanes) is 1. The van der Waals surface area contributed by atoms with E-state index in [1.165, 1.54) is 17.3 Å². The number of thioether (sulfide) groups is 1. The molecule has 0 aliphatic carbocycles. The molecule has 0 spiro atoms. The number of aliphatic imine (C=N–C) groups is 1. The molecule has 0 atom stereocenters. The van der Waals surface area contributed by atoms with Crippen molar-refractivity contribution >= 4 is 50.5 Å². The van der Waals surface area contributed by atoms with E-state index in [1.54, 1.807) is 12.0 Å². The van der Waals surface area contributed by atoms with Crippen LogP contribution in [0.4, 0.5) is 5.69 Å². The maximum absolute atomic E-state index is 13.0. The second-order valence-corrected chi connectivity index (χ2v) is 8.41. The van der Waals surface area contributed by atoms with E-state index in [0.717, 1.165) is 39.5 Å². The first-order valence-electron chi connectivity index (χ1n) is 9.22. The van der Waals surface area contributed by atoms with E-state index < -0.39 is 0 Å². The Morgan fingerprint density at radius 1 is 1.21 bits per heavy atom. The van der Waals surface area contributed by atoms with Crippen LogP contribution in [0.2, 0.25) is 0 Å². The molecule has 0 aromatic heterocycles. The van der Waals surface area contributed by atoms with Gasteiger partial charge in [0.2, 0.25) is 0 Å². The molecule has 1 aliphatic rings. The number of rotatable bonds is 6. The fourth-order valence-electron chi connectivity index (χ4n) is 2.76. The molecule has 2 aromatic rings. The third kappa shape index (κ3) is 4.86. The van der Waals surface area contributed by atoms with Gasteiger partial charge in [-0.15, -0.1) is 0 Å². The molecule has 0 unspecified atom stereocenters. The van der Waals surface area contributed by atoms with Gasteiger partial charge in [-0.2, -0.15) is 0 Å². The van der Waals surface area contributed by atoms with Crippen molar-refractivity contribution in [1.82, 2.24) is 4.90 Å². The SMILES string of the molecule is CCCCN1C(=O)/C(=C\c2ccc(OC)c(Br)c2)SC1=Nc1ccc(C)cc1. The van der Waals surface area contributed by atoms with Gasteiger partial charge in [0.15, 0.2) is 5.17 Å². The molecule has 28 heavy (non-hydrogen) atoms. The summed E-state index contributed by atoms with van der Waals surface area (Å²) in [6.07, 6.45) is 3.88. The van der Waals surface area contributed by atoms with Crippen LogP contribution in [0.15, 0.2) is 56.8 Å². The maximum atomic E-state index is 13.0. The predicted molar refractivity (Wildman–Crippen MR) is 121 cm³/mol. The highest BCUT2D eigenvalue weighted by atomic mass is 79.9. The molecule has 3 rings (SSSR count). The van der Waals surface area contributed by atoms with Crippen molar-refractivity contribution in [2.24, 2.45) is 4.99 Å². The lowest BCUT2D eigenvalue weighted by molar-refractivity contribution is -0.122. The first kappa shape index (κ1) is 20.7. The zero-order valence-electron chi connectivity index (χ0n) is 16.2. The van der Waals surface area contributed by atoms with Crippen LogP contribution in [-0.2, 0) is 4.79 Å². The molecule has 0 radical (unpaired) electrons. The highest BCUT2D eigenvalue weighted by Gasteiger charge is 2.32. The van der Waals surface area contributed by atoms with E-state index in [9.17, 15) is 4.79 Å². The summed E-state index contributed by atoms with van der Waals surface area (Å²) < 4.78 is 6.13. The van der Waals surface area contributed by atoms with Gasteiger partial charge in [0.25, 0.3) is 5.91 Å². The Kier molecular flexibility index (Phi) is 6.97. The molecular formula is C22H23BrN2O2S. The number of aryl methyl sites for hydroxylation is 1. The van der Waals surface area contributed by atoms with Gasteiger partial charge in [-0.05, 0) is 76.9 Å². The third-order valence-electron chi connectivity index (χ3n) is 4.36. The summed E-state index contributed by atoms with van der Waals surface area (Å²) in [6.45, 7) is 4.85. The Bertz CT molecular complexity index is 923. The van der Waals surface area contributed by atoms with Crippen molar-refractivity contribution in [1.29, 1.82) is 0 Å². The minimum Gasteiger partial charge on any atom is -0.496 e. The number of nitrogens with zero attached hydrogens (tertiary/aromatic N) is 2. The lowest BCUT2D eigenvalue weighted by Crippen LogP contribution is -2.30. The molecule has 1 amide bonds. The first-order valence-corrected chi connectivity index (χ1v) is 10.8. The van der Waals surface area contributed by atoms with Gasteiger partial charge in [-0.3, -0.25) is 9.69 Å². The van der Waals surface area contributed by atoms with E-state index in [-0.39, 0.29) is 5.91 Å². The summed E-state index contributed by atoms with van der Waals surface area (Å²) >= 11 is 4.93. The molecule has 2 aromatic carbocycles. The van der Waals surface area contributed by atoms with E-state index in [2.05, 4.69) is 22.9 Å². The van der Waals surface area contributed by atoms with E-state index in [1.807, 2.05) is 55.5 Å². The number of methoxy groups -OCH3 is 1. The predicted octanol–water partition coefficient (Wildman–Crippen LogP) is 6.17. The number of hydrogen-bond donors (Lipinski definition) is 0. The number of benzene rings is 2. The average Bonchev–Trinajstić information content (AvgIpc) is 2.96. The fourth-order valence-corrected chi connectivity index (χ4v) is 4.34. The topological polar surface area (TPSA) is 41.9 Å². The first-order chi connectivity index (χ1) is 13.5. The highest BCUT2D eigenvalue weighted by molar-refractivity contribution is 9.10. The maximum Gasteiger partial charge on any atom is 0.266 e. The number of amidine groups is 1. The number of hydrogen-bond acceptors (Lipinski definition) is 4. The van der Waals surface area contributed by atoms with Crippen molar-refractivity contribution < 1.29 is 9.53 Å². The molecule has 1 saturated heterocycles. The number of carbonyl (C=O) groups excluding carboxylic acids is 1. The van der Waals surface area contributed by atoms with Crippen molar-refractivity contribution in [2.45, 2.75) is 26.7 Å². The van der Waals surface area contributed by atoms with Gasteiger partial charge in [0.05, 0.1) is 22.2 Å². The number of carbonyl (C=O) groups is 1. The largest absolute Gasteiger partial charge is 0.496 e. The van der Waals surface area contributed by atoms with Gasteiger partial charge < -0.3 is 4.74 Å². The quantitative estimate of drug-likeness (QED) is 0.485. The van der Waals surface area contributed by atoms with Gasteiger partial charge in [0, 0.05) is 6.54 Å². The lowest BCUT2D eigenvalue weighted by Gasteiger charge is -2.14. The Labute approximate surface area is 178 Å².